The lowest BCUT2D eigenvalue weighted by atomic mass is 10.1. The molecule has 0 atom stereocenters. The first-order chi connectivity index (χ1) is 15.6. The number of hydrogen-bond acceptors (Lipinski definition) is 5. The van der Waals surface area contributed by atoms with Crippen molar-refractivity contribution in [2.45, 2.75) is 38.8 Å². The van der Waals surface area contributed by atoms with Gasteiger partial charge in [0.15, 0.2) is 0 Å². The number of Topliss-reactive ketones (excluding diaryl/α,β-unsaturated/α-hetero) is 1. The molecule has 6 heteroatoms. The lowest BCUT2D eigenvalue weighted by Crippen LogP contribution is -2.39. The van der Waals surface area contributed by atoms with Gasteiger partial charge in [-0.3, -0.25) is 9.69 Å². The molecule has 2 aliphatic heterocycles. The van der Waals surface area contributed by atoms with Crippen molar-refractivity contribution < 1.29 is 14.3 Å². The number of likely N-dealkylation sites (tertiary alicyclic amines) is 1. The fraction of sp³-hybridized carbons (Fsp3) is 0.500. The Bertz CT molecular complexity index is 786. The van der Waals surface area contributed by atoms with E-state index >= 15 is 0 Å². The van der Waals surface area contributed by atoms with Crippen molar-refractivity contribution in [1.29, 1.82) is 0 Å². The Morgan fingerprint density at radius 1 is 0.969 bits per heavy atom. The van der Waals surface area contributed by atoms with Gasteiger partial charge in [-0.05, 0) is 37.5 Å². The number of morpholine rings is 1. The zero-order chi connectivity index (χ0) is 22.6. The zero-order valence-corrected chi connectivity index (χ0v) is 21.7. The van der Waals surface area contributed by atoms with E-state index in [0.717, 1.165) is 71.1 Å². The molecule has 2 fully saturated rings. The summed E-state index contributed by atoms with van der Waals surface area (Å²) < 4.78 is 11.5. The van der Waals surface area contributed by atoms with Crippen LogP contribution in [-0.4, -0.2) is 77.9 Å². The van der Waals surface area contributed by atoms with E-state index in [1.165, 1.54) is 21.0 Å². The van der Waals surface area contributed by atoms with Crippen molar-refractivity contribution in [3.8, 4) is 5.75 Å². The van der Waals surface area contributed by atoms with Crippen molar-refractivity contribution in [3.05, 3.63) is 60.2 Å². The summed E-state index contributed by atoms with van der Waals surface area (Å²) in [6.07, 6.45) is 3.02. The van der Waals surface area contributed by atoms with Gasteiger partial charge in [-0.25, -0.2) is 0 Å². The molecule has 4 rings (SSSR count). The first-order valence-electron chi connectivity index (χ1n) is 11.9. The Balaban J connectivity index is 0.000000352. The number of carbonyl (C=O) groups is 1. The van der Waals surface area contributed by atoms with Crippen LogP contribution in [0.2, 0.25) is 0 Å². The van der Waals surface area contributed by atoms with E-state index < -0.39 is 0 Å². The number of benzene rings is 2. The van der Waals surface area contributed by atoms with E-state index in [9.17, 15) is 4.79 Å². The highest BCUT2D eigenvalue weighted by Crippen LogP contribution is 2.20. The molecule has 0 unspecified atom stereocenters. The highest BCUT2D eigenvalue weighted by Gasteiger charge is 2.20. The Labute approximate surface area is 196 Å². The molecular weight excluding hydrogens is 416 g/mol. The smallest absolute Gasteiger partial charge is 0.131 e. The van der Waals surface area contributed by atoms with Crippen LogP contribution >= 0.6 is 0 Å². The molecule has 0 N–H and O–H groups in total. The summed E-state index contributed by atoms with van der Waals surface area (Å²) in [6, 6.07) is 19.0. The van der Waals surface area contributed by atoms with Crippen LogP contribution in [0.5, 0.6) is 5.75 Å². The molecule has 0 spiro atoms. The van der Waals surface area contributed by atoms with Gasteiger partial charge in [-0.15, -0.1) is 0 Å². The molecule has 174 valence electrons. The normalized spacial score (nSPS) is 18.0. The van der Waals surface area contributed by atoms with Crippen molar-refractivity contribution in [1.82, 2.24) is 9.80 Å². The summed E-state index contributed by atoms with van der Waals surface area (Å²) in [5.74, 6) is 1.24. The highest BCUT2D eigenvalue weighted by atomic mass is 28.1. The fourth-order valence-electron chi connectivity index (χ4n) is 3.98. The van der Waals surface area contributed by atoms with E-state index in [1.54, 1.807) is 6.92 Å². The van der Waals surface area contributed by atoms with E-state index in [1.807, 2.05) is 6.07 Å². The second-order valence-electron chi connectivity index (χ2n) is 8.80. The van der Waals surface area contributed by atoms with Gasteiger partial charge in [-0.1, -0.05) is 47.7 Å². The maximum Gasteiger partial charge on any atom is 0.131 e. The monoisotopic (exact) mass is 454 g/mol. The lowest BCUT2D eigenvalue weighted by molar-refractivity contribution is -0.117. The van der Waals surface area contributed by atoms with E-state index in [4.69, 9.17) is 9.47 Å². The third-order valence-electron chi connectivity index (χ3n) is 5.99. The molecule has 2 aliphatic rings. The lowest BCUT2D eigenvalue weighted by Gasteiger charge is -2.32. The van der Waals surface area contributed by atoms with Crippen LogP contribution in [0.3, 0.4) is 0 Å². The predicted molar refractivity (Wildman–Crippen MR) is 134 cm³/mol. The molecule has 32 heavy (non-hydrogen) atoms. The minimum atomic E-state index is 0.274. The van der Waals surface area contributed by atoms with Gasteiger partial charge in [0.2, 0.25) is 0 Å². The second-order valence-corrected chi connectivity index (χ2v) is 9.95. The van der Waals surface area contributed by atoms with E-state index in [2.05, 4.69) is 58.3 Å². The largest absolute Gasteiger partial charge is 0.490 e. The SMILES string of the molecule is CC(=O)CCN1CCC(Oc2ccc(CN3CCOCC3)cc2)CC1.[SiH3]c1ccccc1. The molecule has 2 aromatic carbocycles. The first kappa shape index (κ1) is 24.6. The van der Waals surface area contributed by atoms with Gasteiger partial charge in [0.25, 0.3) is 0 Å². The molecule has 0 aliphatic carbocycles. The number of nitrogens with zero attached hydrogens (tertiary/aromatic N) is 2. The summed E-state index contributed by atoms with van der Waals surface area (Å²) in [5, 5.41) is 1.46. The summed E-state index contributed by atoms with van der Waals surface area (Å²) >= 11 is 0. The zero-order valence-electron chi connectivity index (χ0n) is 19.7. The molecule has 0 radical (unpaired) electrons. The Kier molecular flexibility index (Phi) is 10.4. The third kappa shape index (κ3) is 9.24. The standard InChI is InChI=1S/C20H30N2O3.C6H8Si/c1-17(23)6-9-21-10-7-20(8-11-21)25-19-4-2-18(3-5-19)16-22-12-14-24-15-13-22;7-6-4-2-1-3-5-6/h2-5,20H,6-16H2,1H3;1-5H,7H3. The molecular formula is C26H38N2O3Si. The van der Waals surface area contributed by atoms with Gasteiger partial charge in [0.05, 0.1) is 13.2 Å². The van der Waals surface area contributed by atoms with Crippen LogP contribution < -0.4 is 9.92 Å². The van der Waals surface area contributed by atoms with Crippen molar-refractivity contribution in [2.24, 2.45) is 0 Å². The van der Waals surface area contributed by atoms with Crippen molar-refractivity contribution in [2.75, 3.05) is 45.9 Å². The number of piperidine rings is 1. The van der Waals surface area contributed by atoms with Gasteiger partial charge in [-0.2, -0.15) is 0 Å². The maximum absolute atomic E-state index is 11.1. The summed E-state index contributed by atoms with van der Waals surface area (Å²) in [4.78, 5) is 15.9. The minimum Gasteiger partial charge on any atom is -0.490 e. The van der Waals surface area contributed by atoms with Crippen LogP contribution in [0.25, 0.3) is 0 Å². The molecule has 0 amide bonds. The summed E-state index contributed by atoms with van der Waals surface area (Å²) in [5.41, 5.74) is 1.33. The molecule has 0 aromatic heterocycles. The molecule has 0 saturated carbocycles. The minimum absolute atomic E-state index is 0.274. The summed E-state index contributed by atoms with van der Waals surface area (Å²) in [7, 11) is 1.17. The van der Waals surface area contributed by atoms with Gasteiger partial charge < -0.3 is 14.4 Å². The van der Waals surface area contributed by atoms with Crippen molar-refractivity contribution in [3.63, 3.8) is 0 Å². The predicted octanol–water partition coefficient (Wildman–Crippen LogP) is 2.02. The first-order valence-corrected chi connectivity index (χ1v) is 12.9. The fourth-order valence-corrected chi connectivity index (χ4v) is 4.37. The number of rotatable bonds is 7. The molecule has 5 nitrogen and oxygen atoms in total. The van der Waals surface area contributed by atoms with E-state index in [-0.39, 0.29) is 5.78 Å². The highest BCUT2D eigenvalue weighted by molar-refractivity contribution is 6.32. The number of hydrogen-bond donors (Lipinski definition) is 0. The topological polar surface area (TPSA) is 42.0 Å². The molecule has 2 saturated heterocycles. The second kappa shape index (κ2) is 13.5. The van der Waals surface area contributed by atoms with Gasteiger partial charge in [0, 0.05) is 55.9 Å². The number of ether oxygens (including phenoxy) is 2. The van der Waals surface area contributed by atoms with Crippen LogP contribution in [0, 0.1) is 0 Å². The van der Waals surface area contributed by atoms with Crippen LogP contribution in [0.4, 0.5) is 0 Å². The van der Waals surface area contributed by atoms with Crippen LogP contribution in [-0.2, 0) is 16.1 Å². The average molecular weight is 455 g/mol. The quantitative estimate of drug-likeness (QED) is 0.599. The Morgan fingerprint density at radius 3 is 2.19 bits per heavy atom. The third-order valence-corrected chi connectivity index (χ3v) is 6.66. The number of carbonyl (C=O) groups excluding carboxylic acids is 1. The maximum atomic E-state index is 11.1. The van der Waals surface area contributed by atoms with Crippen LogP contribution in [0.1, 0.15) is 31.7 Å². The number of ketones is 1. The molecule has 2 heterocycles. The van der Waals surface area contributed by atoms with Gasteiger partial charge in [0.1, 0.15) is 17.6 Å². The average Bonchev–Trinajstić information content (AvgIpc) is 2.81. The summed E-state index contributed by atoms with van der Waals surface area (Å²) in [6.45, 7) is 9.29. The molecule has 0 bridgehead atoms. The Morgan fingerprint density at radius 2 is 1.62 bits per heavy atom. The van der Waals surface area contributed by atoms with E-state index in [0.29, 0.717) is 12.5 Å². The van der Waals surface area contributed by atoms with Crippen LogP contribution in [0.15, 0.2) is 54.6 Å². The van der Waals surface area contributed by atoms with Gasteiger partial charge >= 0.3 is 0 Å². The Hall–Kier alpha value is -1.99. The van der Waals surface area contributed by atoms with Crippen molar-refractivity contribution >= 4 is 21.2 Å². The molecule has 2 aromatic rings.